The Kier molecular flexibility index (Phi) is 5.50. The van der Waals surface area contributed by atoms with Gasteiger partial charge in [0, 0.05) is 23.4 Å². The molecule has 0 amide bonds. The van der Waals surface area contributed by atoms with Crippen LogP contribution in [0.3, 0.4) is 0 Å². The van der Waals surface area contributed by atoms with Gasteiger partial charge in [0.2, 0.25) is 0 Å². The lowest BCUT2D eigenvalue weighted by atomic mass is 9.60. The molecule has 5 nitrogen and oxygen atoms in total. The molecule has 0 bridgehead atoms. The molecule has 0 unspecified atom stereocenters. The number of allylic oxidation sites excluding steroid dienone is 2. The van der Waals surface area contributed by atoms with Gasteiger partial charge in [-0.15, -0.1) is 0 Å². The van der Waals surface area contributed by atoms with Crippen LogP contribution in [0.25, 0.3) is 11.1 Å². The molecule has 0 atom stereocenters. The van der Waals surface area contributed by atoms with Crippen molar-refractivity contribution in [3.8, 4) is 0 Å². The number of rotatable bonds is 6. The lowest BCUT2D eigenvalue weighted by Crippen LogP contribution is -2.38. The van der Waals surface area contributed by atoms with Crippen molar-refractivity contribution in [3.63, 3.8) is 0 Å². The summed E-state index contributed by atoms with van der Waals surface area (Å²) >= 11 is 0. The molecule has 1 aliphatic carbocycles. The number of sulfone groups is 1. The third kappa shape index (κ3) is 4.16. The molecular formula is C25H24N2O3S. The van der Waals surface area contributed by atoms with Gasteiger partial charge >= 0.3 is 0 Å². The Morgan fingerprint density at radius 3 is 2.19 bits per heavy atom. The van der Waals surface area contributed by atoms with E-state index in [0.29, 0.717) is 11.5 Å². The first-order valence-electron chi connectivity index (χ1n) is 10.00. The summed E-state index contributed by atoms with van der Waals surface area (Å²) in [6.07, 6.45) is 2.94. The number of hydrogen-bond acceptors (Lipinski definition) is 5. The molecule has 6 heteroatoms. The van der Waals surface area contributed by atoms with Gasteiger partial charge in [-0.3, -0.25) is 4.98 Å². The molecule has 0 saturated heterocycles. The second-order valence-corrected chi connectivity index (χ2v) is 10.1. The summed E-state index contributed by atoms with van der Waals surface area (Å²) in [5, 5.41) is 4.49. The summed E-state index contributed by atoms with van der Waals surface area (Å²) < 4.78 is 23.7. The summed E-state index contributed by atoms with van der Waals surface area (Å²) in [6.45, 7) is 4.49. The first-order valence-corrected chi connectivity index (χ1v) is 11.9. The van der Waals surface area contributed by atoms with E-state index in [2.05, 4.69) is 24.0 Å². The molecule has 0 fully saturated rings. The molecule has 0 N–H and O–H groups in total. The Hall–Kier alpha value is -3.25. The van der Waals surface area contributed by atoms with Crippen LogP contribution in [0.15, 0.2) is 89.0 Å². The average molecular weight is 433 g/mol. The number of hydrogen-bond donors (Lipinski definition) is 0. The van der Waals surface area contributed by atoms with E-state index in [1.54, 1.807) is 18.3 Å². The maximum Gasteiger partial charge on any atom is 0.175 e. The molecule has 31 heavy (non-hydrogen) atoms. The number of oxime groups is 1. The van der Waals surface area contributed by atoms with E-state index >= 15 is 0 Å². The minimum atomic E-state index is -3.24. The average Bonchev–Trinajstić information content (AvgIpc) is 2.76. The Bertz CT molecular complexity index is 1250. The fraction of sp³-hybridized carbons (Fsp3) is 0.200. The summed E-state index contributed by atoms with van der Waals surface area (Å²) in [5.41, 5.74) is 5.45. The van der Waals surface area contributed by atoms with Crippen molar-refractivity contribution in [2.75, 3.05) is 6.26 Å². The van der Waals surface area contributed by atoms with Gasteiger partial charge in [-0.1, -0.05) is 53.7 Å². The van der Waals surface area contributed by atoms with Crippen molar-refractivity contribution >= 4 is 26.7 Å². The normalized spacial score (nSPS) is 16.8. The van der Waals surface area contributed by atoms with Crippen LogP contribution < -0.4 is 0 Å². The van der Waals surface area contributed by atoms with Crippen LogP contribution in [0, 0.1) is 5.41 Å². The lowest BCUT2D eigenvalue weighted by molar-refractivity contribution is 0.126. The number of pyridine rings is 1. The van der Waals surface area contributed by atoms with Gasteiger partial charge in [0.25, 0.3) is 0 Å². The van der Waals surface area contributed by atoms with Crippen molar-refractivity contribution in [2.24, 2.45) is 10.6 Å². The smallest absolute Gasteiger partial charge is 0.175 e. The molecular weight excluding hydrogens is 408 g/mol. The predicted octanol–water partition coefficient (Wildman–Crippen LogP) is 5.01. The molecule has 1 aliphatic rings. The van der Waals surface area contributed by atoms with E-state index in [1.165, 1.54) is 6.26 Å². The maximum absolute atomic E-state index is 11.8. The van der Waals surface area contributed by atoms with E-state index in [4.69, 9.17) is 4.84 Å². The van der Waals surface area contributed by atoms with Crippen LogP contribution in [0.1, 0.15) is 30.7 Å². The standard InChI is InChI=1S/C25H24N2O3S/c1-25(2)23(19-12-14-21(15-13-19)31(3,28)29)22(18-9-5-4-6-10-18)24(25)27-30-17-20-11-7-8-16-26-20/h4-16H,17H2,1-3H3/b27-24-. The highest BCUT2D eigenvalue weighted by Gasteiger charge is 2.45. The van der Waals surface area contributed by atoms with Crippen LogP contribution in [-0.2, 0) is 21.3 Å². The van der Waals surface area contributed by atoms with E-state index in [9.17, 15) is 8.42 Å². The fourth-order valence-corrected chi connectivity index (χ4v) is 4.50. The maximum atomic E-state index is 11.8. The monoisotopic (exact) mass is 432 g/mol. The third-order valence-corrected chi connectivity index (χ3v) is 6.56. The first-order chi connectivity index (χ1) is 14.8. The summed E-state index contributed by atoms with van der Waals surface area (Å²) in [5.74, 6) is 0. The highest BCUT2D eigenvalue weighted by molar-refractivity contribution is 7.90. The molecule has 0 spiro atoms. The minimum absolute atomic E-state index is 0.293. The molecule has 1 heterocycles. The summed E-state index contributed by atoms with van der Waals surface area (Å²) in [6, 6.07) is 22.8. The Morgan fingerprint density at radius 1 is 0.903 bits per heavy atom. The molecule has 0 aliphatic heterocycles. The van der Waals surface area contributed by atoms with Gasteiger partial charge in [-0.2, -0.15) is 0 Å². The second kappa shape index (κ2) is 8.12. The molecule has 0 saturated carbocycles. The van der Waals surface area contributed by atoms with E-state index in [-0.39, 0.29) is 5.41 Å². The quantitative estimate of drug-likeness (QED) is 0.514. The minimum Gasteiger partial charge on any atom is -0.389 e. The van der Waals surface area contributed by atoms with E-state index in [0.717, 1.165) is 33.7 Å². The summed E-state index contributed by atoms with van der Waals surface area (Å²) in [7, 11) is -3.24. The third-order valence-electron chi connectivity index (χ3n) is 5.43. The van der Waals surface area contributed by atoms with Gasteiger partial charge in [-0.05, 0) is 54.8 Å². The molecule has 4 rings (SSSR count). The van der Waals surface area contributed by atoms with Crippen LogP contribution in [0.4, 0.5) is 0 Å². The Morgan fingerprint density at radius 2 is 1.58 bits per heavy atom. The van der Waals surface area contributed by atoms with Gasteiger partial charge in [0.05, 0.1) is 16.3 Å². The molecule has 3 aromatic rings. The fourth-order valence-electron chi connectivity index (χ4n) is 3.87. The zero-order chi connectivity index (χ0) is 22.1. The van der Waals surface area contributed by atoms with Crippen molar-refractivity contribution < 1.29 is 13.3 Å². The van der Waals surface area contributed by atoms with Gasteiger partial charge in [-0.25, -0.2) is 8.42 Å². The van der Waals surface area contributed by atoms with Crippen molar-refractivity contribution in [2.45, 2.75) is 25.3 Å². The SMILES string of the molecule is CC1(C)C(c2ccc(S(C)(=O)=O)cc2)=C(c2ccccc2)/C1=N/OCc1ccccn1. The van der Waals surface area contributed by atoms with Crippen LogP contribution in [-0.4, -0.2) is 25.4 Å². The second-order valence-electron chi connectivity index (χ2n) is 8.07. The zero-order valence-corrected chi connectivity index (χ0v) is 18.6. The zero-order valence-electron chi connectivity index (χ0n) is 17.7. The van der Waals surface area contributed by atoms with Gasteiger partial charge in [0.15, 0.2) is 16.4 Å². The Labute approximate surface area is 183 Å². The lowest BCUT2D eigenvalue weighted by Gasteiger charge is -2.42. The van der Waals surface area contributed by atoms with Crippen molar-refractivity contribution in [1.29, 1.82) is 0 Å². The predicted molar refractivity (Wildman–Crippen MR) is 123 cm³/mol. The highest BCUT2D eigenvalue weighted by atomic mass is 32.2. The van der Waals surface area contributed by atoms with Crippen molar-refractivity contribution in [1.82, 2.24) is 4.98 Å². The van der Waals surface area contributed by atoms with Crippen LogP contribution >= 0.6 is 0 Å². The van der Waals surface area contributed by atoms with Gasteiger partial charge < -0.3 is 4.84 Å². The van der Waals surface area contributed by atoms with E-state index < -0.39 is 9.84 Å². The number of nitrogens with zero attached hydrogens (tertiary/aromatic N) is 2. The molecule has 1 aromatic heterocycles. The first kappa shape index (κ1) is 21.0. The highest BCUT2D eigenvalue weighted by Crippen LogP contribution is 2.53. The van der Waals surface area contributed by atoms with Crippen molar-refractivity contribution in [3.05, 3.63) is 95.8 Å². The number of aromatic nitrogens is 1. The largest absolute Gasteiger partial charge is 0.389 e. The topological polar surface area (TPSA) is 68.6 Å². The molecule has 158 valence electrons. The molecule has 0 radical (unpaired) electrons. The van der Waals surface area contributed by atoms with E-state index in [1.807, 2.05) is 60.7 Å². The van der Waals surface area contributed by atoms with Gasteiger partial charge in [0.1, 0.15) is 0 Å². The Balaban J connectivity index is 1.74. The van der Waals surface area contributed by atoms with Crippen LogP contribution in [0.5, 0.6) is 0 Å². The molecule has 2 aromatic carbocycles. The van der Waals surface area contributed by atoms with Crippen LogP contribution in [0.2, 0.25) is 0 Å². The number of benzene rings is 2. The summed E-state index contributed by atoms with van der Waals surface area (Å²) in [4.78, 5) is 10.2.